The Balaban J connectivity index is 1.54. The van der Waals surface area contributed by atoms with Gasteiger partial charge >= 0.3 is 0 Å². The highest BCUT2D eigenvalue weighted by Crippen LogP contribution is 2.47. The van der Waals surface area contributed by atoms with Crippen LogP contribution >= 0.6 is 0 Å². The first kappa shape index (κ1) is 20.8. The quantitative estimate of drug-likeness (QED) is 0.618. The van der Waals surface area contributed by atoms with Gasteiger partial charge in [-0.1, -0.05) is 30.3 Å². The fourth-order valence-electron chi connectivity index (χ4n) is 4.36. The second-order valence-electron chi connectivity index (χ2n) is 7.95. The van der Waals surface area contributed by atoms with Gasteiger partial charge in [-0.15, -0.1) is 0 Å². The van der Waals surface area contributed by atoms with Gasteiger partial charge in [-0.25, -0.2) is 14.4 Å². The average Bonchev–Trinajstić information content (AvgIpc) is 3.32. The highest BCUT2D eigenvalue weighted by molar-refractivity contribution is 6.23. The number of halogens is 1. The van der Waals surface area contributed by atoms with Gasteiger partial charge in [0.1, 0.15) is 11.7 Å². The van der Waals surface area contributed by atoms with E-state index >= 15 is 0 Å². The van der Waals surface area contributed by atoms with Crippen molar-refractivity contribution in [1.82, 2.24) is 0 Å². The molecule has 1 N–H and O–H groups in total. The molecular formula is C25H20FN3O4. The van der Waals surface area contributed by atoms with Crippen LogP contribution in [0.1, 0.15) is 18.5 Å². The average molecular weight is 445 g/mol. The number of para-hydroxylation sites is 1. The lowest BCUT2D eigenvalue weighted by Crippen LogP contribution is -2.37. The fourth-order valence-corrected chi connectivity index (χ4v) is 4.36. The Labute approximate surface area is 189 Å². The Morgan fingerprint density at radius 1 is 0.879 bits per heavy atom. The van der Waals surface area contributed by atoms with E-state index in [2.05, 4.69) is 5.32 Å². The molecule has 33 heavy (non-hydrogen) atoms. The van der Waals surface area contributed by atoms with E-state index in [1.165, 1.54) is 31.2 Å². The summed E-state index contributed by atoms with van der Waals surface area (Å²) < 4.78 is 13.4. The van der Waals surface area contributed by atoms with Crippen LogP contribution in [0.4, 0.5) is 21.5 Å². The zero-order valence-electron chi connectivity index (χ0n) is 17.6. The summed E-state index contributed by atoms with van der Waals surface area (Å²) in [7, 11) is 0. The number of nitrogens with zero attached hydrogens (tertiary/aromatic N) is 2. The first-order chi connectivity index (χ1) is 15.9. The number of carbonyl (C=O) groups is 3. The minimum Gasteiger partial charge on any atom is -0.326 e. The largest absolute Gasteiger partial charge is 0.326 e. The minimum absolute atomic E-state index is 0.190. The van der Waals surface area contributed by atoms with Crippen LogP contribution in [0.2, 0.25) is 0 Å². The molecule has 0 aromatic heterocycles. The van der Waals surface area contributed by atoms with Gasteiger partial charge in [-0.2, -0.15) is 0 Å². The molecule has 3 aromatic rings. The number of fused-ring (bicyclic) bond motifs is 1. The highest BCUT2D eigenvalue weighted by Gasteiger charge is 2.60. The summed E-state index contributed by atoms with van der Waals surface area (Å²) in [6, 6.07) is 21.0. The van der Waals surface area contributed by atoms with Crippen LogP contribution in [0.15, 0.2) is 78.9 Å². The molecule has 2 aliphatic rings. The molecule has 166 valence electrons. The summed E-state index contributed by atoms with van der Waals surface area (Å²) in [5.41, 5.74) is 2.38. The number of benzene rings is 3. The summed E-state index contributed by atoms with van der Waals surface area (Å²) in [6.07, 6.45) is -1.01. The van der Waals surface area contributed by atoms with Crippen molar-refractivity contribution in [3.05, 3.63) is 90.2 Å². The molecule has 5 rings (SSSR count). The van der Waals surface area contributed by atoms with E-state index in [-0.39, 0.29) is 5.91 Å². The van der Waals surface area contributed by atoms with Gasteiger partial charge in [0, 0.05) is 12.6 Å². The van der Waals surface area contributed by atoms with Crippen LogP contribution in [0, 0.1) is 11.7 Å². The van der Waals surface area contributed by atoms with Gasteiger partial charge in [-0.05, 0) is 54.1 Å². The van der Waals surface area contributed by atoms with Crippen molar-refractivity contribution in [2.75, 3.05) is 15.3 Å². The Bertz CT molecular complexity index is 1210. The lowest BCUT2D eigenvalue weighted by atomic mass is 9.90. The summed E-state index contributed by atoms with van der Waals surface area (Å²) in [6.45, 7) is 1.42. The molecule has 3 atom stereocenters. The van der Waals surface area contributed by atoms with Gasteiger partial charge in [-0.3, -0.25) is 19.2 Å². The second kappa shape index (κ2) is 8.14. The normalized spacial score (nSPS) is 21.9. The topological polar surface area (TPSA) is 79.0 Å². The number of rotatable bonds is 4. The Hall–Kier alpha value is -4.04. The molecule has 2 aliphatic heterocycles. The van der Waals surface area contributed by atoms with Gasteiger partial charge in [0.15, 0.2) is 6.10 Å². The molecule has 7 nitrogen and oxygen atoms in total. The Morgan fingerprint density at radius 3 is 2.18 bits per heavy atom. The number of amides is 3. The molecular weight excluding hydrogens is 425 g/mol. The van der Waals surface area contributed by atoms with E-state index in [9.17, 15) is 18.8 Å². The molecule has 0 saturated carbocycles. The fraction of sp³-hybridized carbons (Fsp3) is 0.160. The van der Waals surface area contributed by atoms with E-state index in [1.54, 1.807) is 29.3 Å². The molecule has 3 amide bonds. The van der Waals surface area contributed by atoms with Crippen molar-refractivity contribution < 1.29 is 23.6 Å². The molecule has 0 spiro atoms. The van der Waals surface area contributed by atoms with Crippen molar-refractivity contribution in [2.24, 2.45) is 5.92 Å². The number of anilines is 3. The maximum Gasteiger partial charge on any atom is 0.266 e. The summed E-state index contributed by atoms with van der Waals surface area (Å²) in [4.78, 5) is 45.2. The van der Waals surface area contributed by atoms with Gasteiger partial charge in [0.25, 0.3) is 5.91 Å². The molecule has 0 bridgehead atoms. The number of nitrogens with one attached hydrogen (secondary N) is 1. The monoisotopic (exact) mass is 445 g/mol. The van der Waals surface area contributed by atoms with E-state index in [0.717, 1.165) is 10.5 Å². The zero-order chi connectivity index (χ0) is 23.1. The third-order valence-corrected chi connectivity index (χ3v) is 5.78. The van der Waals surface area contributed by atoms with Crippen molar-refractivity contribution in [3.63, 3.8) is 0 Å². The molecule has 2 fully saturated rings. The molecule has 3 aromatic carbocycles. The number of imide groups is 1. The SMILES string of the molecule is CC(=O)Nc1ccc(C2C3C(=O)N(c4ccc(F)cc4)C(=O)C3ON2c2ccccc2)cc1. The summed E-state index contributed by atoms with van der Waals surface area (Å²) >= 11 is 0. The smallest absolute Gasteiger partial charge is 0.266 e. The van der Waals surface area contributed by atoms with E-state index in [0.29, 0.717) is 17.1 Å². The predicted molar refractivity (Wildman–Crippen MR) is 120 cm³/mol. The van der Waals surface area contributed by atoms with Crippen molar-refractivity contribution in [3.8, 4) is 0 Å². The minimum atomic E-state index is -1.01. The first-order valence-corrected chi connectivity index (χ1v) is 10.5. The van der Waals surface area contributed by atoms with E-state index in [1.807, 2.05) is 30.3 Å². The number of hydrogen-bond acceptors (Lipinski definition) is 5. The summed E-state index contributed by atoms with van der Waals surface area (Å²) in [5, 5.41) is 4.31. The number of carbonyl (C=O) groups excluding carboxylic acids is 3. The first-order valence-electron chi connectivity index (χ1n) is 10.5. The molecule has 0 radical (unpaired) electrons. The molecule has 2 heterocycles. The van der Waals surface area contributed by atoms with Crippen molar-refractivity contribution >= 4 is 34.8 Å². The zero-order valence-corrected chi connectivity index (χ0v) is 17.6. The third-order valence-electron chi connectivity index (χ3n) is 5.78. The second-order valence-corrected chi connectivity index (χ2v) is 7.95. The maximum absolute atomic E-state index is 13.5. The molecule has 8 heteroatoms. The van der Waals surface area contributed by atoms with E-state index in [4.69, 9.17) is 4.84 Å². The van der Waals surface area contributed by atoms with Crippen LogP contribution in [0.25, 0.3) is 0 Å². The number of hydroxylamine groups is 1. The lowest BCUT2D eigenvalue weighted by molar-refractivity contribution is -0.126. The Kier molecular flexibility index (Phi) is 5.14. The molecule has 0 aliphatic carbocycles. The lowest BCUT2D eigenvalue weighted by Gasteiger charge is -2.28. The van der Waals surface area contributed by atoms with Crippen LogP contribution < -0.4 is 15.3 Å². The van der Waals surface area contributed by atoms with E-state index < -0.39 is 35.7 Å². The Morgan fingerprint density at radius 2 is 1.55 bits per heavy atom. The van der Waals surface area contributed by atoms with Gasteiger partial charge in [0.2, 0.25) is 11.8 Å². The van der Waals surface area contributed by atoms with Gasteiger partial charge < -0.3 is 5.32 Å². The molecule has 3 unspecified atom stereocenters. The van der Waals surface area contributed by atoms with Crippen LogP contribution in [-0.4, -0.2) is 23.8 Å². The third kappa shape index (κ3) is 3.64. The van der Waals surface area contributed by atoms with Crippen LogP contribution in [-0.2, 0) is 19.2 Å². The molecule has 2 saturated heterocycles. The van der Waals surface area contributed by atoms with Crippen LogP contribution in [0.3, 0.4) is 0 Å². The number of hydrogen-bond donors (Lipinski definition) is 1. The van der Waals surface area contributed by atoms with Crippen LogP contribution in [0.5, 0.6) is 0 Å². The summed E-state index contributed by atoms with van der Waals surface area (Å²) in [5.74, 6) is -2.35. The van der Waals surface area contributed by atoms with Gasteiger partial charge in [0.05, 0.1) is 17.4 Å². The van der Waals surface area contributed by atoms with Crippen molar-refractivity contribution in [1.29, 1.82) is 0 Å². The maximum atomic E-state index is 13.5. The standard InChI is InChI=1S/C25H20FN3O4/c1-15(30)27-18-11-7-16(8-12-18)22-21-23(33-29(22)20-5-3-2-4-6-20)25(32)28(24(21)31)19-13-9-17(26)10-14-19/h2-14,21-23H,1H3,(H,27,30). The highest BCUT2D eigenvalue weighted by atomic mass is 19.1. The van der Waals surface area contributed by atoms with Crippen molar-refractivity contribution in [2.45, 2.75) is 19.1 Å². The predicted octanol–water partition coefficient (Wildman–Crippen LogP) is 3.84.